The predicted octanol–water partition coefficient (Wildman–Crippen LogP) is 4.23. The number of thiophene rings is 1. The zero-order chi connectivity index (χ0) is 24.0. The van der Waals surface area contributed by atoms with Crippen molar-refractivity contribution in [3.05, 3.63) is 62.3 Å². The molecule has 0 bridgehead atoms. The lowest BCUT2D eigenvalue weighted by molar-refractivity contribution is 0.0621. The Labute approximate surface area is 202 Å². The van der Waals surface area contributed by atoms with Crippen LogP contribution < -0.4 is 5.56 Å². The number of hydrogen-bond acceptors (Lipinski definition) is 5. The van der Waals surface area contributed by atoms with Crippen LogP contribution in [0.2, 0.25) is 0 Å². The summed E-state index contributed by atoms with van der Waals surface area (Å²) in [5.74, 6) is 0.522. The summed E-state index contributed by atoms with van der Waals surface area (Å²) in [4.78, 5) is 39.5. The Balaban J connectivity index is 1.28. The molecule has 0 spiro atoms. The number of fused-ring (bicyclic) bond motifs is 3. The molecule has 3 heterocycles. The highest BCUT2D eigenvalue weighted by Gasteiger charge is 2.32. The average Bonchev–Trinajstić information content (AvgIpc) is 3.17. The molecule has 6 nitrogen and oxygen atoms in total. The third-order valence-electron chi connectivity index (χ3n) is 7.33. The molecule has 0 saturated carbocycles. The number of carbonyl (C=O) groups is 1. The maximum Gasteiger partial charge on any atom is 0.259 e. The second-order valence-corrected chi connectivity index (χ2v) is 11.6. The van der Waals surface area contributed by atoms with Gasteiger partial charge in [0.25, 0.3) is 11.5 Å². The molecule has 1 aliphatic carbocycles. The summed E-state index contributed by atoms with van der Waals surface area (Å²) in [5.41, 5.74) is 1.53. The van der Waals surface area contributed by atoms with Crippen LogP contribution in [-0.4, -0.2) is 51.9 Å². The Kier molecular flexibility index (Phi) is 6.06. The van der Waals surface area contributed by atoms with Gasteiger partial charge in [-0.1, -0.05) is 32.9 Å². The van der Waals surface area contributed by atoms with Crippen molar-refractivity contribution in [1.82, 2.24) is 19.8 Å². The van der Waals surface area contributed by atoms with Crippen LogP contribution in [0.15, 0.2) is 29.1 Å². The molecule has 5 rings (SSSR count). The number of H-pyrrole nitrogens is 1. The lowest BCUT2D eigenvalue weighted by Gasteiger charge is -2.34. The van der Waals surface area contributed by atoms with E-state index in [9.17, 15) is 14.0 Å². The fourth-order valence-electron chi connectivity index (χ4n) is 5.17. The van der Waals surface area contributed by atoms with Crippen LogP contribution in [0.5, 0.6) is 0 Å². The summed E-state index contributed by atoms with van der Waals surface area (Å²) < 4.78 is 14.0. The number of benzene rings is 1. The van der Waals surface area contributed by atoms with Crippen LogP contribution in [0.1, 0.15) is 53.8 Å². The predicted molar refractivity (Wildman–Crippen MR) is 133 cm³/mol. The van der Waals surface area contributed by atoms with Crippen molar-refractivity contribution in [3.8, 4) is 0 Å². The van der Waals surface area contributed by atoms with E-state index in [0.29, 0.717) is 44.5 Å². The molecule has 180 valence electrons. The Hall–Kier alpha value is -2.58. The standard InChI is InChI=1S/C26H31FN4O2S/c1-26(2,3)16-8-9-18-20(14-16)34-24-22(18)23(32)28-21(29-24)15-30-10-12-31(13-11-30)25(33)17-6-4-5-7-19(17)27/h4-7,16H,8-15H2,1-3H3,(H,28,29,32). The Morgan fingerprint density at radius 3 is 2.65 bits per heavy atom. The van der Waals surface area contributed by atoms with E-state index in [4.69, 9.17) is 4.98 Å². The van der Waals surface area contributed by atoms with Crippen LogP contribution in [0.25, 0.3) is 10.2 Å². The molecule has 1 saturated heterocycles. The lowest BCUT2D eigenvalue weighted by atomic mass is 9.72. The Morgan fingerprint density at radius 1 is 1.21 bits per heavy atom. The molecule has 1 amide bonds. The van der Waals surface area contributed by atoms with Crippen LogP contribution in [0.4, 0.5) is 4.39 Å². The lowest BCUT2D eigenvalue weighted by Crippen LogP contribution is -2.48. The first-order chi connectivity index (χ1) is 16.2. The van der Waals surface area contributed by atoms with Crippen molar-refractivity contribution < 1.29 is 9.18 Å². The molecule has 0 radical (unpaired) electrons. The topological polar surface area (TPSA) is 69.3 Å². The molecule has 1 atom stereocenters. The first-order valence-corrected chi connectivity index (χ1v) is 12.8. The zero-order valence-electron chi connectivity index (χ0n) is 20.0. The van der Waals surface area contributed by atoms with Gasteiger partial charge in [0.1, 0.15) is 16.5 Å². The van der Waals surface area contributed by atoms with E-state index in [0.717, 1.165) is 29.5 Å². The van der Waals surface area contributed by atoms with E-state index < -0.39 is 5.82 Å². The highest BCUT2D eigenvalue weighted by atomic mass is 32.1. The number of nitrogens with one attached hydrogen (secondary N) is 1. The average molecular weight is 483 g/mol. The second kappa shape index (κ2) is 8.89. The molecule has 1 N–H and O–H groups in total. The quantitative estimate of drug-likeness (QED) is 0.607. The molecule has 34 heavy (non-hydrogen) atoms. The minimum absolute atomic E-state index is 0.0416. The number of amides is 1. The van der Waals surface area contributed by atoms with E-state index >= 15 is 0 Å². The number of piperazine rings is 1. The van der Waals surface area contributed by atoms with Gasteiger partial charge in [-0.15, -0.1) is 11.3 Å². The number of halogens is 1. The van der Waals surface area contributed by atoms with Gasteiger partial charge < -0.3 is 9.88 Å². The fraction of sp³-hybridized carbons (Fsp3) is 0.500. The maximum atomic E-state index is 14.0. The van der Waals surface area contributed by atoms with Crippen molar-refractivity contribution in [2.24, 2.45) is 11.3 Å². The normalized spacial score (nSPS) is 19.4. The first-order valence-electron chi connectivity index (χ1n) is 12.0. The van der Waals surface area contributed by atoms with Crippen molar-refractivity contribution in [2.75, 3.05) is 26.2 Å². The number of carbonyl (C=O) groups excluding carboxylic acids is 1. The minimum atomic E-state index is -0.488. The molecule has 3 aromatic rings. The van der Waals surface area contributed by atoms with Crippen molar-refractivity contribution in [1.29, 1.82) is 0 Å². The SMILES string of the molecule is CC(C)(C)C1CCc2c(sc3nc(CN4CCN(C(=O)c5ccccc5F)CC4)[nH]c(=O)c23)C1. The minimum Gasteiger partial charge on any atom is -0.336 e. The summed E-state index contributed by atoms with van der Waals surface area (Å²) in [7, 11) is 0. The van der Waals surface area contributed by atoms with E-state index in [1.54, 1.807) is 28.4 Å². The molecule has 2 aliphatic rings. The number of nitrogens with zero attached hydrogens (tertiary/aromatic N) is 3. The van der Waals surface area contributed by atoms with Crippen molar-refractivity contribution in [3.63, 3.8) is 0 Å². The van der Waals surface area contributed by atoms with Gasteiger partial charge in [0, 0.05) is 31.1 Å². The highest BCUT2D eigenvalue weighted by Crippen LogP contribution is 2.42. The van der Waals surface area contributed by atoms with E-state index in [1.165, 1.54) is 22.6 Å². The third kappa shape index (κ3) is 4.41. The third-order valence-corrected chi connectivity index (χ3v) is 8.48. The monoisotopic (exact) mass is 482 g/mol. The number of aromatic nitrogens is 2. The molecule has 1 fully saturated rings. The molecule has 1 unspecified atom stereocenters. The van der Waals surface area contributed by atoms with E-state index in [1.807, 2.05) is 0 Å². The van der Waals surface area contributed by atoms with Crippen LogP contribution in [0.3, 0.4) is 0 Å². The molecule has 2 aromatic heterocycles. The largest absolute Gasteiger partial charge is 0.336 e. The summed E-state index contributed by atoms with van der Waals surface area (Å²) in [6.07, 6.45) is 3.07. The highest BCUT2D eigenvalue weighted by molar-refractivity contribution is 7.18. The fourth-order valence-corrected chi connectivity index (χ4v) is 6.49. The van der Waals surface area contributed by atoms with Gasteiger partial charge in [-0.2, -0.15) is 0 Å². The summed E-state index contributed by atoms with van der Waals surface area (Å²) in [5, 5.41) is 0.774. The van der Waals surface area contributed by atoms with Crippen molar-refractivity contribution in [2.45, 2.75) is 46.6 Å². The molecular weight excluding hydrogens is 451 g/mol. The van der Waals surface area contributed by atoms with Gasteiger partial charge in [-0.25, -0.2) is 9.37 Å². The summed E-state index contributed by atoms with van der Waals surface area (Å²) in [6, 6.07) is 6.10. The second-order valence-electron chi connectivity index (χ2n) is 10.6. The molecule has 1 aliphatic heterocycles. The zero-order valence-corrected chi connectivity index (χ0v) is 20.8. The van der Waals surface area contributed by atoms with Crippen LogP contribution in [-0.2, 0) is 19.4 Å². The maximum absolute atomic E-state index is 14.0. The molecule has 8 heteroatoms. The Morgan fingerprint density at radius 2 is 1.94 bits per heavy atom. The smallest absolute Gasteiger partial charge is 0.259 e. The Bertz CT molecular complexity index is 1280. The van der Waals surface area contributed by atoms with Crippen LogP contribution >= 0.6 is 11.3 Å². The number of rotatable bonds is 3. The van der Waals surface area contributed by atoms with Crippen LogP contribution in [0, 0.1) is 17.2 Å². The van der Waals surface area contributed by atoms with E-state index in [-0.39, 0.29) is 22.4 Å². The number of aromatic amines is 1. The van der Waals surface area contributed by atoms with Gasteiger partial charge in [-0.3, -0.25) is 14.5 Å². The first kappa shape index (κ1) is 23.2. The van der Waals surface area contributed by atoms with Gasteiger partial charge in [0.2, 0.25) is 0 Å². The number of aryl methyl sites for hydroxylation is 1. The summed E-state index contributed by atoms with van der Waals surface area (Å²) in [6.45, 7) is 9.74. The molecule has 1 aromatic carbocycles. The van der Waals surface area contributed by atoms with Gasteiger partial charge in [0.15, 0.2) is 0 Å². The van der Waals surface area contributed by atoms with Gasteiger partial charge >= 0.3 is 0 Å². The molecular formula is C26H31FN4O2S. The summed E-state index contributed by atoms with van der Waals surface area (Å²) >= 11 is 1.68. The van der Waals surface area contributed by atoms with Gasteiger partial charge in [0.05, 0.1) is 17.5 Å². The number of hydrogen-bond donors (Lipinski definition) is 1. The van der Waals surface area contributed by atoms with Crippen molar-refractivity contribution >= 4 is 27.5 Å². The van der Waals surface area contributed by atoms with Gasteiger partial charge in [-0.05, 0) is 48.3 Å². The van der Waals surface area contributed by atoms with E-state index in [2.05, 4.69) is 30.7 Å².